The molecule has 3 aromatic heterocycles. The molecule has 0 saturated carbocycles. The van der Waals surface area contributed by atoms with Crippen LogP contribution in [0.2, 0.25) is 0 Å². The maximum Gasteiger partial charge on any atom is 0.126 e. The molecule has 0 aliphatic carbocycles. The number of nitrogens with zero attached hydrogens (tertiary/aromatic N) is 5. The van der Waals surface area contributed by atoms with E-state index in [9.17, 15) is 4.39 Å². The maximum absolute atomic E-state index is 13.8. The van der Waals surface area contributed by atoms with E-state index in [1.807, 2.05) is 57.7 Å². The zero-order chi connectivity index (χ0) is 24.5. The van der Waals surface area contributed by atoms with Gasteiger partial charge in [-0.15, -0.1) is 5.10 Å². The van der Waals surface area contributed by atoms with Crippen molar-refractivity contribution in [3.8, 4) is 0 Å². The molecule has 0 spiro atoms. The van der Waals surface area contributed by atoms with Crippen molar-refractivity contribution in [1.82, 2.24) is 25.0 Å². The third-order valence-electron chi connectivity index (χ3n) is 6.02. The number of pyridine rings is 2. The van der Waals surface area contributed by atoms with Gasteiger partial charge in [0.25, 0.3) is 0 Å². The number of anilines is 3. The minimum absolute atomic E-state index is 0.223. The molecule has 5 aromatic rings. The first-order valence-electron chi connectivity index (χ1n) is 11.3. The van der Waals surface area contributed by atoms with E-state index in [2.05, 4.69) is 38.1 Å². The van der Waals surface area contributed by atoms with Gasteiger partial charge in [0.05, 0.1) is 23.4 Å². The van der Waals surface area contributed by atoms with Crippen LogP contribution in [-0.4, -0.2) is 25.0 Å². The van der Waals surface area contributed by atoms with Gasteiger partial charge >= 0.3 is 0 Å². The fourth-order valence-electron chi connectivity index (χ4n) is 4.23. The number of nitrogens with one attached hydrogen (secondary N) is 2. The molecule has 0 unspecified atom stereocenters. The SMILES string of the molecule is Cc1cc(Nc2c(C)cnc3c(C)cc(N[C@H](c4cccnc4)c4cn(C)nn4)cc23)ccc1F. The Kier molecular flexibility index (Phi) is 5.86. The zero-order valence-electron chi connectivity index (χ0n) is 20.0. The lowest BCUT2D eigenvalue weighted by Crippen LogP contribution is -2.13. The van der Waals surface area contributed by atoms with E-state index >= 15 is 0 Å². The zero-order valence-corrected chi connectivity index (χ0v) is 20.0. The number of benzene rings is 2. The number of hydrogen-bond acceptors (Lipinski definition) is 6. The van der Waals surface area contributed by atoms with E-state index in [0.717, 1.165) is 50.3 Å². The molecule has 0 radical (unpaired) electrons. The van der Waals surface area contributed by atoms with Gasteiger partial charge in [0.15, 0.2) is 0 Å². The Morgan fingerprint density at radius 1 is 0.943 bits per heavy atom. The smallest absolute Gasteiger partial charge is 0.126 e. The van der Waals surface area contributed by atoms with E-state index < -0.39 is 0 Å². The predicted octanol–water partition coefficient (Wildman–Crippen LogP) is 5.77. The summed E-state index contributed by atoms with van der Waals surface area (Å²) in [6.07, 6.45) is 7.34. The quantitative estimate of drug-likeness (QED) is 0.330. The highest BCUT2D eigenvalue weighted by Crippen LogP contribution is 2.34. The van der Waals surface area contributed by atoms with Crippen molar-refractivity contribution < 1.29 is 4.39 Å². The molecule has 0 aliphatic rings. The Morgan fingerprint density at radius 3 is 2.49 bits per heavy atom. The molecule has 0 amide bonds. The highest BCUT2D eigenvalue weighted by atomic mass is 19.1. The normalized spacial score (nSPS) is 12.0. The minimum Gasteiger partial charge on any atom is -0.373 e. The number of fused-ring (bicyclic) bond motifs is 1. The molecule has 0 aliphatic heterocycles. The predicted molar refractivity (Wildman–Crippen MR) is 136 cm³/mol. The van der Waals surface area contributed by atoms with E-state index in [1.54, 1.807) is 23.9 Å². The summed E-state index contributed by atoms with van der Waals surface area (Å²) in [6, 6.07) is 12.9. The van der Waals surface area contributed by atoms with Gasteiger partial charge < -0.3 is 10.6 Å². The highest BCUT2D eigenvalue weighted by Gasteiger charge is 2.19. The molecular formula is C27H26FN7. The molecule has 35 heavy (non-hydrogen) atoms. The summed E-state index contributed by atoms with van der Waals surface area (Å²) < 4.78 is 15.5. The van der Waals surface area contributed by atoms with Crippen molar-refractivity contribution in [2.45, 2.75) is 26.8 Å². The summed E-state index contributed by atoms with van der Waals surface area (Å²) in [4.78, 5) is 8.98. The molecule has 176 valence electrons. The molecule has 2 N–H and O–H groups in total. The largest absolute Gasteiger partial charge is 0.373 e. The fourth-order valence-corrected chi connectivity index (χ4v) is 4.23. The van der Waals surface area contributed by atoms with Crippen molar-refractivity contribution in [2.75, 3.05) is 10.6 Å². The Morgan fingerprint density at radius 2 is 1.77 bits per heavy atom. The fraction of sp³-hybridized carbons (Fsp3) is 0.185. The second-order valence-electron chi connectivity index (χ2n) is 8.78. The molecule has 0 bridgehead atoms. The summed E-state index contributed by atoms with van der Waals surface area (Å²) in [5.74, 6) is -0.223. The van der Waals surface area contributed by atoms with E-state index in [0.29, 0.717) is 5.56 Å². The molecule has 8 heteroatoms. The third kappa shape index (κ3) is 4.55. The first kappa shape index (κ1) is 22.5. The van der Waals surface area contributed by atoms with Gasteiger partial charge in [0.1, 0.15) is 11.5 Å². The van der Waals surface area contributed by atoms with Crippen LogP contribution in [0.3, 0.4) is 0 Å². The van der Waals surface area contributed by atoms with E-state index in [4.69, 9.17) is 4.98 Å². The maximum atomic E-state index is 13.8. The molecule has 7 nitrogen and oxygen atoms in total. The van der Waals surface area contributed by atoms with Gasteiger partial charge in [-0.1, -0.05) is 11.3 Å². The molecular weight excluding hydrogens is 441 g/mol. The molecule has 1 atom stereocenters. The minimum atomic E-state index is -0.233. The van der Waals surface area contributed by atoms with Gasteiger partial charge in [-0.05, 0) is 79.4 Å². The van der Waals surface area contributed by atoms with E-state index in [-0.39, 0.29) is 11.9 Å². The average Bonchev–Trinajstić information content (AvgIpc) is 3.28. The second kappa shape index (κ2) is 9.13. The monoisotopic (exact) mass is 467 g/mol. The molecule has 0 fully saturated rings. The van der Waals surface area contributed by atoms with E-state index in [1.165, 1.54) is 6.07 Å². The van der Waals surface area contributed by atoms with Crippen LogP contribution in [0.1, 0.15) is 34.0 Å². The molecule has 2 aromatic carbocycles. The standard InChI is InChI=1S/C27H26FN7/c1-16-10-20(7-8-23(16)28)31-26-18(3)13-30-25-17(2)11-21(12-22(25)26)32-27(19-6-5-9-29-14-19)24-15-35(4)34-33-24/h5-15,27,32H,1-4H3,(H,30,31)/t27-/m1/s1. The molecule has 3 heterocycles. The number of halogens is 1. The summed E-state index contributed by atoms with van der Waals surface area (Å²) in [6.45, 7) is 5.82. The van der Waals surface area contributed by atoms with Gasteiger partial charge in [-0.3, -0.25) is 14.6 Å². The molecule has 5 rings (SSSR count). The number of hydrogen-bond donors (Lipinski definition) is 2. The topological polar surface area (TPSA) is 80.5 Å². The Labute approximate surface area is 203 Å². The lowest BCUT2D eigenvalue weighted by molar-refractivity contribution is 0.619. The third-order valence-corrected chi connectivity index (χ3v) is 6.02. The van der Waals surface area contributed by atoms with Crippen LogP contribution < -0.4 is 10.6 Å². The Bertz CT molecular complexity index is 1510. The van der Waals surface area contributed by atoms with Gasteiger partial charge in [-0.25, -0.2) is 4.39 Å². The lowest BCUT2D eigenvalue weighted by atomic mass is 10.0. The van der Waals surface area contributed by atoms with Crippen LogP contribution in [-0.2, 0) is 7.05 Å². The highest BCUT2D eigenvalue weighted by molar-refractivity contribution is 5.98. The Hall–Kier alpha value is -4.33. The summed E-state index contributed by atoms with van der Waals surface area (Å²) >= 11 is 0. The number of aromatic nitrogens is 5. The van der Waals surface area contributed by atoms with Crippen LogP contribution in [0, 0.1) is 26.6 Å². The molecule has 0 saturated heterocycles. The second-order valence-corrected chi connectivity index (χ2v) is 8.78. The van der Waals surface area contributed by atoms with Crippen molar-refractivity contribution >= 4 is 28.0 Å². The van der Waals surface area contributed by atoms with Crippen LogP contribution in [0.5, 0.6) is 0 Å². The first-order valence-corrected chi connectivity index (χ1v) is 11.3. The average molecular weight is 468 g/mol. The summed E-state index contributed by atoms with van der Waals surface area (Å²) in [7, 11) is 1.85. The first-order chi connectivity index (χ1) is 16.9. The van der Waals surface area contributed by atoms with Gasteiger partial charge in [-0.2, -0.15) is 0 Å². The van der Waals surface area contributed by atoms with Crippen molar-refractivity contribution in [1.29, 1.82) is 0 Å². The Balaban J connectivity index is 1.59. The summed E-state index contributed by atoms with van der Waals surface area (Å²) in [5.41, 5.74) is 7.97. The van der Waals surface area contributed by atoms with Crippen molar-refractivity contribution in [3.05, 3.63) is 101 Å². The van der Waals surface area contributed by atoms with Crippen LogP contribution in [0.15, 0.2) is 67.3 Å². The summed E-state index contributed by atoms with van der Waals surface area (Å²) in [5, 5.41) is 16.5. The van der Waals surface area contributed by atoms with Crippen molar-refractivity contribution in [3.63, 3.8) is 0 Å². The van der Waals surface area contributed by atoms with Gasteiger partial charge in [0, 0.05) is 42.4 Å². The van der Waals surface area contributed by atoms with Gasteiger partial charge in [0.2, 0.25) is 0 Å². The van der Waals surface area contributed by atoms with Crippen LogP contribution in [0.25, 0.3) is 10.9 Å². The lowest BCUT2D eigenvalue weighted by Gasteiger charge is -2.20. The van der Waals surface area contributed by atoms with Crippen LogP contribution in [0.4, 0.5) is 21.5 Å². The van der Waals surface area contributed by atoms with Crippen molar-refractivity contribution in [2.24, 2.45) is 7.05 Å². The van der Waals surface area contributed by atoms with Crippen LogP contribution >= 0.6 is 0 Å². The number of rotatable bonds is 6. The number of aryl methyl sites for hydroxylation is 4.